The van der Waals surface area contributed by atoms with Crippen molar-refractivity contribution in [2.75, 3.05) is 5.73 Å². The predicted molar refractivity (Wildman–Crippen MR) is 64.5 cm³/mol. The predicted octanol–water partition coefficient (Wildman–Crippen LogP) is 2.85. The van der Waals surface area contributed by atoms with E-state index in [0.29, 0.717) is 12.0 Å². The van der Waals surface area contributed by atoms with Crippen LogP contribution in [-0.2, 0) is 6.54 Å². The van der Waals surface area contributed by atoms with Crippen LogP contribution in [0, 0.1) is 5.92 Å². The molecular formula is C11H20N2S. The first-order chi connectivity index (χ1) is 6.65. The summed E-state index contributed by atoms with van der Waals surface area (Å²) in [4.78, 5) is 1.25. The number of hydrogen-bond acceptors (Lipinski definition) is 3. The third-order valence-corrected chi connectivity index (χ3v) is 3.49. The van der Waals surface area contributed by atoms with Gasteiger partial charge in [-0.2, -0.15) is 0 Å². The minimum atomic E-state index is 0.594. The van der Waals surface area contributed by atoms with Crippen LogP contribution in [0.15, 0.2) is 11.4 Å². The van der Waals surface area contributed by atoms with Crippen molar-refractivity contribution in [1.29, 1.82) is 0 Å². The van der Waals surface area contributed by atoms with Crippen molar-refractivity contribution in [3.8, 4) is 0 Å². The lowest BCUT2D eigenvalue weighted by Crippen LogP contribution is -2.32. The molecule has 1 rings (SSSR count). The maximum Gasteiger partial charge on any atom is 0.0468 e. The summed E-state index contributed by atoms with van der Waals surface area (Å²) < 4.78 is 0. The van der Waals surface area contributed by atoms with Gasteiger partial charge in [-0.25, -0.2) is 0 Å². The molecule has 0 aliphatic rings. The first-order valence-corrected chi connectivity index (χ1v) is 6.08. The first kappa shape index (κ1) is 11.5. The molecular weight excluding hydrogens is 192 g/mol. The molecule has 0 bridgehead atoms. The molecule has 80 valence electrons. The Hall–Kier alpha value is -0.540. The third kappa shape index (κ3) is 3.00. The van der Waals surface area contributed by atoms with E-state index in [-0.39, 0.29) is 0 Å². The van der Waals surface area contributed by atoms with Crippen molar-refractivity contribution < 1.29 is 0 Å². The molecule has 1 heterocycles. The molecule has 1 aromatic heterocycles. The molecule has 1 atom stereocenters. The molecule has 2 nitrogen and oxygen atoms in total. The Bertz CT molecular complexity index is 268. The van der Waals surface area contributed by atoms with Gasteiger partial charge in [-0.1, -0.05) is 20.8 Å². The van der Waals surface area contributed by atoms with E-state index in [4.69, 9.17) is 5.73 Å². The highest BCUT2D eigenvalue weighted by atomic mass is 32.1. The molecule has 0 spiro atoms. The second-order valence-corrected chi connectivity index (χ2v) is 4.94. The van der Waals surface area contributed by atoms with Gasteiger partial charge in [0, 0.05) is 23.2 Å². The average molecular weight is 212 g/mol. The van der Waals surface area contributed by atoms with Crippen LogP contribution in [-0.4, -0.2) is 6.04 Å². The molecule has 0 amide bonds. The number of hydrogen-bond donors (Lipinski definition) is 2. The van der Waals surface area contributed by atoms with Crippen molar-refractivity contribution >= 4 is 17.0 Å². The molecule has 14 heavy (non-hydrogen) atoms. The van der Waals surface area contributed by atoms with E-state index < -0.39 is 0 Å². The van der Waals surface area contributed by atoms with Crippen LogP contribution in [0.3, 0.4) is 0 Å². The number of nitrogens with two attached hydrogens (primary N) is 1. The summed E-state index contributed by atoms with van der Waals surface area (Å²) in [6.45, 7) is 7.62. The molecule has 3 heteroatoms. The van der Waals surface area contributed by atoms with Crippen LogP contribution < -0.4 is 11.1 Å². The van der Waals surface area contributed by atoms with E-state index in [2.05, 4.69) is 26.1 Å². The Labute approximate surface area is 90.5 Å². The fourth-order valence-corrected chi connectivity index (χ4v) is 2.32. The van der Waals surface area contributed by atoms with Gasteiger partial charge < -0.3 is 11.1 Å². The van der Waals surface area contributed by atoms with Crippen LogP contribution in [0.25, 0.3) is 0 Å². The Morgan fingerprint density at radius 3 is 2.64 bits per heavy atom. The zero-order chi connectivity index (χ0) is 10.6. The van der Waals surface area contributed by atoms with Gasteiger partial charge in [-0.05, 0) is 23.8 Å². The van der Waals surface area contributed by atoms with Crippen molar-refractivity contribution in [3.05, 3.63) is 16.3 Å². The molecule has 0 aliphatic heterocycles. The van der Waals surface area contributed by atoms with E-state index in [1.54, 1.807) is 11.3 Å². The zero-order valence-corrected chi connectivity index (χ0v) is 10.0. The van der Waals surface area contributed by atoms with Gasteiger partial charge >= 0.3 is 0 Å². The molecule has 1 unspecified atom stereocenters. The van der Waals surface area contributed by atoms with E-state index in [1.165, 1.54) is 11.3 Å². The SMILES string of the molecule is CCC(NCc1sccc1N)C(C)C. The summed E-state index contributed by atoms with van der Waals surface area (Å²) in [5, 5.41) is 5.59. The standard InChI is InChI=1S/C11H20N2S/c1-4-10(8(2)3)13-7-11-9(12)5-6-14-11/h5-6,8,10,13H,4,7,12H2,1-3H3. The number of thiophene rings is 1. The monoisotopic (exact) mass is 212 g/mol. The number of nitrogens with one attached hydrogen (secondary N) is 1. The lowest BCUT2D eigenvalue weighted by atomic mass is 10.0. The number of rotatable bonds is 5. The van der Waals surface area contributed by atoms with Crippen LogP contribution in [0.4, 0.5) is 5.69 Å². The molecule has 0 fully saturated rings. The summed E-state index contributed by atoms with van der Waals surface area (Å²) in [6.07, 6.45) is 1.17. The van der Waals surface area contributed by atoms with Crippen molar-refractivity contribution in [2.45, 2.75) is 39.8 Å². The van der Waals surface area contributed by atoms with Gasteiger partial charge in [0.1, 0.15) is 0 Å². The van der Waals surface area contributed by atoms with Crippen molar-refractivity contribution in [1.82, 2.24) is 5.32 Å². The van der Waals surface area contributed by atoms with Gasteiger partial charge in [0.2, 0.25) is 0 Å². The van der Waals surface area contributed by atoms with Crippen LogP contribution in [0.5, 0.6) is 0 Å². The molecule has 3 N–H and O–H groups in total. The number of anilines is 1. The maximum absolute atomic E-state index is 5.81. The average Bonchev–Trinajstić information content (AvgIpc) is 2.52. The van der Waals surface area contributed by atoms with Gasteiger partial charge in [0.15, 0.2) is 0 Å². The zero-order valence-electron chi connectivity index (χ0n) is 9.21. The summed E-state index contributed by atoms with van der Waals surface area (Å²) in [6, 6.07) is 2.56. The van der Waals surface area contributed by atoms with Gasteiger partial charge in [-0.3, -0.25) is 0 Å². The third-order valence-electron chi connectivity index (χ3n) is 2.55. The minimum Gasteiger partial charge on any atom is -0.398 e. The normalized spacial score (nSPS) is 13.4. The quantitative estimate of drug-likeness (QED) is 0.787. The van der Waals surface area contributed by atoms with Crippen LogP contribution >= 0.6 is 11.3 Å². The molecule has 0 radical (unpaired) electrons. The van der Waals surface area contributed by atoms with Gasteiger partial charge in [0.05, 0.1) is 0 Å². The Balaban J connectivity index is 2.43. The highest BCUT2D eigenvalue weighted by molar-refractivity contribution is 7.10. The summed E-state index contributed by atoms with van der Waals surface area (Å²) >= 11 is 1.73. The van der Waals surface area contributed by atoms with E-state index in [0.717, 1.165) is 12.2 Å². The highest BCUT2D eigenvalue weighted by Gasteiger charge is 2.10. The van der Waals surface area contributed by atoms with Gasteiger partial charge in [-0.15, -0.1) is 11.3 Å². The van der Waals surface area contributed by atoms with E-state index in [9.17, 15) is 0 Å². The molecule has 0 aromatic carbocycles. The lowest BCUT2D eigenvalue weighted by Gasteiger charge is -2.20. The summed E-state index contributed by atoms with van der Waals surface area (Å²) in [5.74, 6) is 0.682. The maximum atomic E-state index is 5.81. The van der Waals surface area contributed by atoms with Crippen molar-refractivity contribution in [3.63, 3.8) is 0 Å². The molecule has 1 aromatic rings. The van der Waals surface area contributed by atoms with Crippen molar-refractivity contribution in [2.24, 2.45) is 5.92 Å². The largest absolute Gasteiger partial charge is 0.398 e. The van der Waals surface area contributed by atoms with Crippen LogP contribution in [0.2, 0.25) is 0 Å². The summed E-state index contributed by atoms with van der Waals surface area (Å²) in [7, 11) is 0. The van der Waals surface area contributed by atoms with Crippen LogP contribution in [0.1, 0.15) is 32.1 Å². The Morgan fingerprint density at radius 2 is 2.21 bits per heavy atom. The Kier molecular flexibility index (Phi) is 4.42. The Morgan fingerprint density at radius 1 is 1.50 bits per heavy atom. The highest BCUT2D eigenvalue weighted by Crippen LogP contribution is 2.19. The summed E-state index contributed by atoms with van der Waals surface area (Å²) in [5.41, 5.74) is 6.73. The van der Waals surface area contributed by atoms with E-state index in [1.807, 2.05) is 11.4 Å². The fourth-order valence-electron chi connectivity index (χ4n) is 1.57. The van der Waals surface area contributed by atoms with E-state index >= 15 is 0 Å². The number of nitrogen functional groups attached to an aromatic ring is 1. The second kappa shape index (κ2) is 5.37. The van der Waals surface area contributed by atoms with Gasteiger partial charge in [0.25, 0.3) is 0 Å². The minimum absolute atomic E-state index is 0.594. The molecule has 0 saturated heterocycles. The lowest BCUT2D eigenvalue weighted by molar-refractivity contribution is 0.389. The topological polar surface area (TPSA) is 38.0 Å². The smallest absolute Gasteiger partial charge is 0.0468 e. The fraction of sp³-hybridized carbons (Fsp3) is 0.636. The molecule has 0 aliphatic carbocycles. The second-order valence-electron chi connectivity index (χ2n) is 3.94. The molecule has 0 saturated carbocycles. The first-order valence-electron chi connectivity index (χ1n) is 5.20.